The lowest BCUT2D eigenvalue weighted by atomic mass is 9.99. The van der Waals surface area contributed by atoms with Crippen LogP contribution in [0.3, 0.4) is 0 Å². The third kappa shape index (κ3) is 6.34. The van der Waals surface area contributed by atoms with E-state index in [-0.39, 0.29) is 11.1 Å². The van der Waals surface area contributed by atoms with Crippen molar-refractivity contribution in [3.05, 3.63) is 0 Å². The molecule has 0 aromatic carbocycles. The lowest BCUT2D eigenvalue weighted by molar-refractivity contribution is 0.208. The molecule has 0 spiro atoms. The normalized spacial score (nSPS) is 23.8. The number of rotatable bonds is 4. The summed E-state index contributed by atoms with van der Waals surface area (Å²) >= 11 is 0. The molecule has 1 rings (SSSR count). The molecule has 0 amide bonds. The van der Waals surface area contributed by atoms with Gasteiger partial charge in [-0.25, -0.2) is 0 Å². The predicted molar refractivity (Wildman–Crippen MR) is 100 cm³/mol. The van der Waals surface area contributed by atoms with Crippen LogP contribution in [0, 0.1) is 29.6 Å². The van der Waals surface area contributed by atoms with Crippen molar-refractivity contribution < 1.29 is 9.53 Å². The number of hydrogen-bond donors (Lipinski definition) is 1. The van der Waals surface area contributed by atoms with E-state index in [2.05, 4.69) is 64.5 Å². The summed E-state index contributed by atoms with van der Waals surface area (Å²) in [4.78, 5) is 0. The summed E-state index contributed by atoms with van der Waals surface area (Å²) in [5.74, 6) is 13.2. The van der Waals surface area contributed by atoms with Crippen LogP contribution in [-0.4, -0.2) is 25.6 Å². The van der Waals surface area contributed by atoms with Crippen molar-refractivity contribution in [2.75, 3.05) is 0 Å². The Kier molecular flexibility index (Phi) is 7.88. The molecule has 0 fully saturated rings. The summed E-state index contributed by atoms with van der Waals surface area (Å²) in [5.41, 5.74) is 0. The quantitative estimate of drug-likeness (QED) is 0.594. The van der Waals surface area contributed by atoms with Gasteiger partial charge in [0.1, 0.15) is 12.2 Å². The minimum absolute atomic E-state index is 0.0286. The lowest BCUT2D eigenvalue weighted by Crippen LogP contribution is -2.47. The molecule has 1 N–H and O–H groups in total. The maximum absolute atomic E-state index is 9.70. The summed E-state index contributed by atoms with van der Waals surface area (Å²) in [6.45, 7) is 13.9. The first-order valence-electron chi connectivity index (χ1n) is 8.99. The Labute approximate surface area is 144 Å². The largest absolute Gasteiger partial charge is 0.403 e. The summed E-state index contributed by atoms with van der Waals surface area (Å²) < 4.78 is 6.60. The SMILES string of the molecule is CC(C)C(C)(C)[Si](C)(C)OC1C#CCCCC(O)C#CCCC1. The fourth-order valence-corrected chi connectivity index (χ4v) is 5.15. The maximum atomic E-state index is 9.70. The highest BCUT2D eigenvalue weighted by Gasteiger charge is 2.44. The van der Waals surface area contributed by atoms with Crippen molar-refractivity contribution in [1.82, 2.24) is 0 Å². The first kappa shape index (κ1) is 20.3. The van der Waals surface area contributed by atoms with E-state index in [1.54, 1.807) is 0 Å². The zero-order valence-electron chi connectivity index (χ0n) is 15.8. The molecule has 1 aliphatic carbocycles. The Morgan fingerprint density at radius 2 is 1.61 bits per heavy atom. The molecule has 0 heterocycles. The zero-order chi connectivity index (χ0) is 17.5. The molecule has 1 aliphatic rings. The molecule has 23 heavy (non-hydrogen) atoms. The first-order chi connectivity index (χ1) is 10.7. The maximum Gasteiger partial charge on any atom is 0.194 e. The smallest absolute Gasteiger partial charge is 0.194 e. The molecule has 2 atom stereocenters. The van der Waals surface area contributed by atoms with E-state index in [9.17, 15) is 5.11 Å². The molecular formula is C20H34O2Si. The van der Waals surface area contributed by atoms with Gasteiger partial charge in [0.15, 0.2) is 8.32 Å². The second kappa shape index (κ2) is 8.93. The molecule has 0 radical (unpaired) electrons. The second-order valence-electron chi connectivity index (χ2n) is 7.94. The van der Waals surface area contributed by atoms with Crippen LogP contribution in [-0.2, 0) is 4.43 Å². The molecule has 0 aliphatic heterocycles. The molecule has 3 heteroatoms. The van der Waals surface area contributed by atoms with E-state index in [4.69, 9.17) is 4.43 Å². The van der Waals surface area contributed by atoms with Crippen LogP contribution in [0.1, 0.15) is 66.2 Å². The Balaban J connectivity index is 2.78. The van der Waals surface area contributed by atoms with Crippen LogP contribution in [0.2, 0.25) is 18.1 Å². The Hall–Kier alpha value is -0.743. The van der Waals surface area contributed by atoms with Crippen molar-refractivity contribution in [3.63, 3.8) is 0 Å². The van der Waals surface area contributed by atoms with E-state index in [0.717, 1.165) is 32.1 Å². The monoisotopic (exact) mass is 334 g/mol. The Morgan fingerprint density at radius 1 is 1.04 bits per heavy atom. The molecule has 0 aromatic rings. The van der Waals surface area contributed by atoms with Gasteiger partial charge in [0.25, 0.3) is 0 Å². The summed E-state index contributed by atoms with van der Waals surface area (Å²) in [6, 6.07) is 0. The minimum atomic E-state index is -1.86. The van der Waals surface area contributed by atoms with Crippen LogP contribution < -0.4 is 0 Å². The molecule has 0 saturated carbocycles. The van der Waals surface area contributed by atoms with Crippen LogP contribution >= 0.6 is 0 Å². The average molecular weight is 335 g/mol. The molecule has 2 unspecified atom stereocenters. The standard InChI is InChI=1S/C20H34O2Si/c1-17(2)20(3,4)23(5,6)22-19-15-11-7-9-13-18(21)14-10-8-12-16-19/h17-19,21H,7-9,12-13,16H2,1-6H3. The Bertz CT molecular complexity index is 485. The third-order valence-electron chi connectivity index (χ3n) is 5.51. The first-order valence-corrected chi connectivity index (χ1v) is 11.9. The zero-order valence-corrected chi connectivity index (χ0v) is 16.8. The molecular weight excluding hydrogens is 300 g/mol. The highest BCUT2D eigenvalue weighted by Crippen LogP contribution is 2.45. The van der Waals surface area contributed by atoms with Crippen LogP contribution in [0.4, 0.5) is 0 Å². The van der Waals surface area contributed by atoms with Gasteiger partial charge in [-0.3, -0.25) is 0 Å². The van der Waals surface area contributed by atoms with Gasteiger partial charge in [-0.2, -0.15) is 0 Å². The second-order valence-corrected chi connectivity index (χ2v) is 12.5. The topological polar surface area (TPSA) is 29.5 Å². The van der Waals surface area contributed by atoms with Crippen LogP contribution in [0.25, 0.3) is 0 Å². The number of aliphatic hydroxyl groups is 1. The van der Waals surface area contributed by atoms with Gasteiger partial charge in [-0.15, -0.1) is 11.8 Å². The molecule has 0 bridgehead atoms. The van der Waals surface area contributed by atoms with E-state index >= 15 is 0 Å². The van der Waals surface area contributed by atoms with Gasteiger partial charge < -0.3 is 9.53 Å². The van der Waals surface area contributed by atoms with E-state index in [1.165, 1.54) is 0 Å². The molecule has 2 nitrogen and oxygen atoms in total. The van der Waals surface area contributed by atoms with Crippen molar-refractivity contribution in [1.29, 1.82) is 0 Å². The summed E-state index contributed by atoms with van der Waals surface area (Å²) in [6.07, 6.45) is 4.69. The van der Waals surface area contributed by atoms with Crippen LogP contribution in [0.15, 0.2) is 0 Å². The van der Waals surface area contributed by atoms with Crippen molar-refractivity contribution >= 4 is 8.32 Å². The highest BCUT2D eigenvalue weighted by molar-refractivity contribution is 6.74. The van der Waals surface area contributed by atoms with Crippen molar-refractivity contribution in [2.24, 2.45) is 5.92 Å². The van der Waals surface area contributed by atoms with Gasteiger partial charge in [0.05, 0.1) is 0 Å². The number of hydrogen-bond acceptors (Lipinski definition) is 2. The summed E-state index contributed by atoms with van der Waals surface area (Å²) in [7, 11) is -1.86. The lowest BCUT2D eigenvalue weighted by Gasteiger charge is -2.43. The highest BCUT2D eigenvalue weighted by atomic mass is 28.4. The Morgan fingerprint density at radius 3 is 2.22 bits per heavy atom. The molecule has 0 aromatic heterocycles. The average Bonchev–Trinajstić information content (AvgIpc) is 2.43. The van der Waals surface area contributed by atoms with Crippen LogP contribution in [0.5, 0.6) is 0 Å². The van der Waals surface area contributed by atoms with Gasteiger partial charge in [-0.1, -0.05) is 39.5 Å². The minimum Gasteiger partial charge on any atom is -0.403 e. The molecule has 0 saturated heterocycles. The van der Waals surface area contributed by atoms with Crippen molar-refractivity contribution in [3.8, 4) is 23.7 Å². The van der Waals surface area contributed by atoms with Gasteiger partial charge in [-0.05, 0) is 49.7 Å². The fourth-order valence-electron chi connectivity index (χ4n) is 2.57. The van der Waals surface area contributed by atoms with Gasteiger partial charge in [0, 0.05) is 12.8 Å². The van der Waals surface area contributed by atoms with Crippen molar-refractivity contribution in [2.45, 2.75) is 96.6 Å². The predicted octanol–water partition coefficient (Wildman–Crippen LogP) is 4.73. The van der Waals surface area contributed by atoms with E-state index < -0.39 is 14.4 Å². The fraction of sp³-hybridized carbons (Fsp3) is 0.800. The number of aliphatic hydroxyl groups excluding tert-OH is 1. The third-order valence-corrected chi connectivity index (χ3v) is 10.1. The van der Waals surface area contributed by atoms with E-state index in [1.807, 2.05) is 0 Å². The summed E-state index contributed by atoms with van der Waals surface area (Å²) in [5, 5.41) is 9.91. The van der Waals surface area contributed by atoms with Gasteiger partial charge >= 0.3 is 0 Å². The van der Waals surface area contributed by atoms with E-state index in [0.29, 0.717) is 12.3 Å². The van der Waals surface area contributed by atoms with Gasteiger partial charge in [0.2, 0.25) is 0 Å². The molecule has 130 valence electrons.